The lowest BCUT2D eigenvalue weighted by molar-refractivity contribution is -0.116. The monoisotopic (exact) mass is 353 g/mol. The molecule has 2 aromatic carbocycles. The minimum Gasteiger partial charge on any atom is -0.496 e. The number of hydrogen-bond donors (Lipinski definition) is 1. The largest absolute Gasteiger partial charge is 0.496 e. The molecule has 0 fully saturated rings. The molecule has 0 saturated heterocycles. The van der Waals surface area contributed by atoms with Crippen molar-refractivity contribution < 1.29 is 14.3 Å². The number of Topliss-reactive ketones (excluding diaryl/α,β-unsaturated/α-hetero) is 1. The zero-order valence-electron chi connectivity index (χ0n) is 16.0. The number of ether oxygens (including phenoxy) is 1. The molecule has 4 nitrogen and oxygen atoms in total. The zero-order chi connectivity index (χ0) is 19.1. The van der Waals surface area contributed by atoms with E-state index in [1.807, 2.05) is 31.2 Å². The summed E-state index contributed by atoms with van der Waals surface area (Å²) in [7, 11) is 1.54. The Morgan fingerprint density at radius 1 is 1.00 bits per heavy atom. The maximum absolute atomic E-state index is 12.5. The SMILES string of the molecule is CCc1cccc(CC)c1NC(=O)CCC(=O)c1cc(C)ccc1OC. The van der Waals surface area contributed by atoms with Crippen molar-refractivity contribution in [3.63, 3.8) is 0 Å². The van der Waals surface area contributed by atoms with Crippen molar-refractivity contribution in [2.24, 2.45) is 0 Å². The fraction of sp³-hybridized carbons (Fsp3) is 0.364. The van der Waals surface area contributed by atoms with Gasteiger partial charge in [0, 0.05) is 18.5 Å². The number of aryl methyl sites for hydroxylation is 3. The Morgan fingerprint density at radius 3 is 2.23 bits per heavy atom. The molecule has 0 radical (unpaired) electrons. The summed E-state index contributed by atoms with van der Waals surface area (Å²) in [4.78, 5) is 24.9. The number of amides is 1. The molecular weight excluding hydrogens is 326 g/mol. The van der Waals surface area contributed by atoms with Crippen molar-refractivity contribution in [1.29, 1.82) is 0 Å². The minimum absolute atomic E-state index is 0.0832. The van der Waals surface area contributed by atoms with E-state index in [-0.39, 0.29) is 24.5 Å². The molecule has 4 heteroatoms. The predicted octanol–water partition coefficient (Wildman–Crippen LogP) is 4.73. The molecule has 0 unspecified atom stereocenters. The Kier molecular flexibility index (Phi) is 6.96. The lowest BCUT2D eigenvalue weighted by Crippen LogP contribution is -2.16. The molecule has 0 saturated carbocycles. The van der Waals surface area contributed by atoms with Crippen molar-refractivity contribution in [2.75, 3.05) is 12.4 Å². The number of hydrogen-bond acceptors (Lipinski definition) is 3. The summed E-state index contributed by atoms with van der Waals surface area (Å²) in [6.45, 7) is 6.06. The van der Waals surface area contributed by atoms with Gasteiger partial charge in [-0.1, -0.05) is 43.7 Å². The van der Waals surface area contributed by atoms with Gasteiger partial charge in [-0.25, -0.2) is 0 Å². The van der Waals surface area contributed by atoms with Crippen molar-refractivity contribution in [1.82, 2.24) is 0 Å². The second-order valence-corrected chi connectivity index (χ2v) is 6.33. The third-order valence-corrected chi connectivity index (χ3v) is 4.50. The van der Waals surface area contributed by atoms with E-state index in [9.17, 15) is 9.59 Å². The van der Waals surface area contributed by atoms with Gasteiger partial charge in [0.15, 0.2) is 5.78 Å². The van der Waals surface area contributed by atoms with E-state index in [4.69, 9.17) is 4.74 Å². The van der Waals surface area contributed by atoms with Crippen LogP contribution >= 0.6 is 0 Å². The number of nitrogens with one attached hydrogen (secondary N) is 1. The van der Waals surface area contributed by atoms with Gasteiger partial charge in [0.25, 0.3) is 0 Å². The molecule has 1 N–H and O–H groups in total. The van der Waals surface area contributed by atoms with Crippen LogP contribution in [0, 0.1) is 6.92 Å². The summed E-state index contributed by atoms with van der Waals surface area (Å²) in [5, 5.41) is 3.01. The van der Waals surface area contributed by atoms with Crippen LogP contribution in [-0.4, -0.2) is 18.8 Å². The molecule has 2 rings (SSSR count). The molecule has 138 valence electrons. The van der Waals surface area contributed by atoms with Gasteiger partial charge in [-0.05, 0) is 43.0 Å². The van der Waals surface area contributed by atoms with Gasteiger partial charge < -0.3 is 10.1 Å². The molecule has 0 aliphatic carbocycles. The first-order chi connectivity index (χ1) is 12.5. The van der Waals surface area contributed by atoms with Crippen molar-refractivity contribution in [3.8, 4) is 5.75 Å². The quantitative estimate of drug-likeness (QED) is 0.698. The van der Waals surface area contributed by atoms with Gasteiger partial charge in [-0.15, -0.1) is 0 Å². The number of ketones is 1. The highest BCUT2D eigenvalue weighted by Gasteiger charge is 2.15. The highest BCUT2D eigenvalue weighted by Crippen LogP contribution is 2.24. The third-order valence-electron chi connectivity index (χ3n) is 4.50. The Hall–Kier alpha value is -2.62. The van der Waals surface area contributed by atoms with Gasteiger partial charge in [0.2, 0.25) is 5.91 Å². The predicted molar refractivity (Wildman–Crippen MR) is 105 cm³/mol. The number of carbonyl (C=O) groups excluding carboxylic acids is 2. The van der Waals surface area contributed by atoms with E-state index >= 15 is 0 Å². The normalized spacial score (nSPS) is 10.5. The molecule has 0 bridgehead atoms. The fourth-order valence-electron chi connectivity index (χ4n) is 3.01. The molecule has 0 heterocycles. The van der Waals surface area contributed by atoms with Gasteiger partial charge in [0.1, 0.15) is 5.75 Å². The Balaban J connectivity index is 2.06. The molecule has 1 amide bonds. The first-order valence-electron chi connectivity index (χ1n) is 9.08. The highest BCUT2D eigenvalue weighted by molar-refractivity contribution is 6.02. The summed E-state index contributed by atoms with van der Waals surface area (Å²) in [6, 6.07) is 11.6. The maximum atomic E-state index is 12.5. The van der Waals surface area contributed by atoms with E-state index in [1.54, 1.807) is 19.2 Å². The van der Waals surface area contributed by atoms with Gasteiger partial charge in [-0.2, -0.15) is 0 Å². The number of methoxy groups -OCH3 is 1. The second-order valence-electron chi connectivity index (χ2n) is 6.33. The molecule has 0 spiro atoms. The van der Waals surface area contributed by atoms with Crippen LogP contribution < -0.4 is 10.1 Å². The molecule has 0 aliphatic heterocycles. The standard InChI is InChI=1S/C22H27NO3/c1-5-16-8-7-9-17(6-2)22(16)23-21(25)13-11-19(24)18-14-15(3)10-12-20(18)26-4/h7-10,12,14H,5-6,11,13H2,1-4H3,(H,23,25). The van der Waals surface area contributed by atoms with E-state index < -0.39 is 0 Å². The van der Waals surface area contributed by atoms with Crippen LogP contribution in [0.3, 0.4) is 0 Å². The van der Waals surface area contributed by atoms with Gasteiger partial charge >= 0.3 is 0 Å². The molecule has 26 heavy (non-hydrogen) atoms. The van der Waals surface area contributed by atoms with E-state index in [0.717, 1.165) is 35.2 Å². The van der Waals surface area contributed by atoms with Crippen molar-refractivity contribution >= 4 is 17.4 Å². The lowest BCUT2D eigenvalue weighted by Gasteiger charge is -2.14. The Labute approximate surface area is 155 Å². The average Bonchev–Trinajstić information content (AvgIpc) is 2.66. The summed E-state index contributed by atoms with van der Waals surface area (Å²) in [5.74, 6) is 0.325. The van der Waals surface area contributed by atoms with E-state index in [2.05, 4.69) is 19.2 Å². The Bertz CT molecular complexity index is 774. The number of benzene rings is 2. The minimum atomic E-state index is -0.138. The van der Waals surface area contributed by atoms with Gasteiger partial charge in [0.05, 0.1) is 12.7 Å². The smallest absolute Gasteiger partial charge is 0.224 e. The summed E-state index contributed by atoms with van der Waals surface area (Å²) in [6.07, 6.45) is 2.00. The topological polar surface area (TPSA) is 55.4 Å². The summed E-state index contributed by atoms with van der Waals surface area (Å²) in [5.41, 5.74) is 4.64. The van der Waals surface area contributed by atoms with Crippen LogP contribution in [0.15, 0.2) is 36.4 Å². The zero-order valence-corrected chi connectivity index (χ0v) is 16.0. The van der Waals surface area contributed by atoms with Crippen LogP contribution in [-0.2, 0) is 17.6 Å². The summed E-state index contributed by atoms with van der Waals surface area (Å²) < 4.78 is 5.26. The van der Waals surface area contributed by atoms with Crippen molar-refractivity contribution in [2.45, 2.75) is 46.5 Å². The number of carbonyl (C=O) groups is 2. The van der Waals surface area contributed by atoms with Crippen LogP contribution in [0.25, 0.3) is 0 Å². The number of rotatable bonds is 8. The molecule has 0 aromatic heterocycles. The van der Waals surface area contributed by atoms with E-state index in [1.165, 1.54) is 0 Å². The average molecular weight is 353 g/mol. The Morgan fingerprint density at radius 2 is 1.65 bits per heavy atom. The van der Waals surface area contributed by atoms with Gasteiger partial charge in [-0.3, -0.25) is 9.59 Å². The van der Waals surface area contributed by atoms with E-state index in [0.29, 0.717) is 11.3 Å². The maximum Gasteiger partial charge on any atom is 0.224 e. The van der Waals surface area contributed by atoms with Crippen molar-refractivity contribution in [3.05, 3.63) is 58.7 Å². The van der Waals surface area contributed by atoms with Crippen LogP contribution in [0.1, 0.15) is 53.7 Å². The van der Waals surface area contributed by atoms with Crippen LogP contribution in [0.2, 0.25) is 0 Å². The number of anilines is 1. The lowest BCUT2D eigenvalue weighted by atomic mass is 10.0. The van der Waals surface area contributed by atoms with Crippen LogP contribution in [0.4, 0.5) is 5.69 Å². The summed E-state index contributed by atoms with van der Waals surface area (Å²) >= 11 is 0. The number of para-hydroxylation sites is 1. The first kappa shape index (κ1) is 19.7. The molecular formula is C22H27NO3. The third kappa shape index (κ3) is 4.72. The first-order valence-corrected chi connectivity index (χ1v) is 9.08. The fourth-order valence-corrected chi connectivity index (χ4v) is 3.01. The molecule has 2 aromatic rings. The van der Waals surface area contributed by atoms with Crippen LogP contribution in [0.5, 0.6) is 5.75 Å². The molecule has 0 aliphatic rings. The molecule has 0 atom stereocenters. The second kappa shape index (κ2) is 9.18. The highest BCUT2D eigenvalue weighted by atomic mass is 16.5.